The average molecular weight is 235 g/mol. The number of carboxylic acid groups (broad SMARTS) is 1. The number of hydrogen-bond donors (Lipinski definition) is 4. The van der Waals surface area contributed by atoms with E-state index in [9.17, 15) is 4.79 Å². The molecule has 0 heterocycles. The summed E-state index contributed by atoms with van der Waals surface area (Å²) in [6.07, 6.45) is 1.67. The third-order valence-electron chi connectivity index (χ3n) is 1.94. The van der Waals surface area contributed by atoms with Crippen molar-refractivity contribution in [3.8, 4) is 5.75 Å². The molecule has 0 saturated heterocycles. The zero-order valence-electron chi connectivity index (χ0n) is 9.01. The monoisotopic (exact) mass is 235 g/mol. The van der Waals surface area contributed by atoms with Crippen LogP contribution >= 0.6 is 0 Å². The maximum atomic E-state index is 10.6. The highest BCUT2D eigenvalue weighted by molar-refractivity contribution is 5.85. The molecule has 0 radical (unpaired) electrons. The molecule has 0 aliphatic carbocycles. The molecule has 0 amide bonds. The molecule has 6 heteroatoms. The van der Waals surface area contributed by atoms with Crippen LogP contribution in [0.4, 0.5) is 0 Å². The standard InChI is InChI=1S/C11H13N3O3/c1-2-7-3-5-8(6-4-7)17-10(14-13)9(12)11(15)16/h2-6,14H,1,12-13H2,(H,15,16)/b10-9+. The highest BCUT2D eigenvalue weighted by atomic mass is 16.5. The van der Waals surface area contributed by atoms with E-state index in [-0.39, 0.29) is 5.88 Å². The van der Waals surface area contributed by atoms with Gasteiger partial charge < -0.3 is 15.6 Å². The van der Waals surface area contributed by atoms with E-state index in [0.29, 0.717) is 5.75 Å². The van der Waals surface area contributed by atoms with Crippen LogP contribution in [0, 0.1) is 0 Å². The summed E-state index contributed by atoms with van der Waals surface area (Å²) in [5, 5.41) is 8.67. The van der Waals surface area contributed by atoms with E-state index in [1.807, 2.05) is 0 Å². The first-order valence-electron chi connectivity index (χ1n) is 4.68. The summed E-state index contributed by atoms with van der Waals surface area (Å²) in [5.41, 5.74) is 7.78. The van der Waals surface area contributed by atoms with Crippen LogP contribution in [0.3, 0.4) is 0 Å². The zero-order valence-corrected chi connectivity index (χ0v) is 9.01. The van der Waals surface area contributed by atoms with Gasteiger partial charge in [0.2, 0.25) is 5.88 Å². The number of ether oxygens (including phenoxy) is 1. The highest BCUT2D eigenvalue weighted by Crippen LogP contribution is 2.15. The van der Waals surface area contributed by atoms with Crippen molar-refractivity contribution in [3.63, 3.8) is 0 Å². The van der Waals surface area contributed by atoms with Gasteiger partial charge in [-0.15, -0.1) is 0 Å². The number of hydrogen-bond acceptors (Lipinski definition) is 5. The molecule has 0 saturated carbocycles. The lowest BCUT2D eigenvalue weighted by Gasteiger charge is -2.10. The summed E-state index contributed by atoms with van der Waals surface area (Å²) in [6, 6.07) is 6.80. The molecule has 1 rings (SSSR count). The van der Waals surface area contributed by atoms with Gasteiger partial charge in [0.15, 0.2) is 5.70 Å². The first-order chi connectivity index (χ1) is 8.08. The van der Waals surface area contributed by atoms with Crippen molar-refractivity contribution >= 4 is 12.0 Å². The van der Waals surface area contributed by atoms with Crippen LogP contribution in [0.5, 0.6) is 5.75 Å². The Morgan fingerprint density at radius 2 is 2.00 bits per heavy atom. The van der Waals surface area contributed by atoms with Crippen molar-refractivity contribution in [2.45, 2.75) is 0 Å². The molecule has 6 nitrogen and oxygen atoms in total. The molecule has 0 aromatic heterocycles. The summed E-state index contributed by atoms with van der Waals surface area (Å²) in [7, 11) is 0. The number of carbonyl (C=O) groups is 1. The Morgan fingerprint density at radius 1 is 1.41 bits per heavy atom. The normalized spacial score (nSPS) is 11.4. The van der Waals surface area contributed by atoms with E-state index in [2.05, 4.69) is 12.0 Å². The molecular weight excluding hydrogens is 222 g/mol. The Morgan fingerprint density at radius 3 is 2.41 bits per heavy atom. The Bertz CT molecular complexity index is 452. The quantitative estimate of drug-likeness (QED) is 0.254. The van der Waals surface area contributed by atoms with Crippen LogP contribution in [0.1, 0.15) is 5.56 Å². The van der Waals surface area contributed by atoms with Crippen molar-refractivity contribution in [3.05, 3.63) is 48.0 Å². The summed E-state index contributed by atoms with van der Waals surface area (Å²) >= 11 is 0. The van der Waals surface area contributed by atoms with E-state index in [0.717, 1.165) is 5.56 Å². The van der Waals surface area contributed by atoms with Gasteiger partial charge in [0, 0.05) is 0 Å². The molecule has 0 fully saturated rings. The number of carboxylic acids is 1. The molecule has 6 N–H and O–H groups in total. The fourth-order valence-electron chi connectivity index (χ4n) is 1.05. The van der Waals surface area contributed by atoms with Crippen molar-refractivity contribution < 1.29 is 14.6 Å². The van der Waals surface area contributed by atoms with Crippen molar-refractivity contribution in [1.29, 1.82) is 0 Å². The van der Waals surface area contributed by atoms with Gasteiger partial charge in [-0.25, -0.2) is 10.6 Å². The predicted molar refractivity (Wildman–Crippen MR) is 63.3 cm³/mol. The Hall–Kier alpha value is -2.47. The second-order valence-electron chi connectivity index (χ2n) is 3.07. The van der Waals surface area contributed by atoms with Crippen LogP contribution in [-0.4, -0.2) is 11.1 Å². The van der Waals surface area contributed by atoms with Crippen molar-refractivity contribution in [1.82, 2.24) is 5.43 Å². The Kier molecular flexibility index (Phi) is 4.13. The lowest BCUT2D eigenvalue weighted by atomic mass is 10.2. The predicted octanol–water partition coefficient (Wildman–Crippen LogP) is 0.384. The third kappa shape index (κ3) is 3.25. The molecule has 1 aromatic carbocycles. The largest absolute Gasteiger partial charge is 0.476 e. The van der Waals surface area contributed by atoms with Crippen LogP contribution in [-0.2, 0) is 4.79 Å². The van der Waals surface area contributed by atoms with E-state index in [1.54, 1.807) is 30.3 Å². The second-order valence-corrected chi connectivity index (χ2v) is 3.07. The maximum absolute atomic E-state index is 10.6. The van der Waals surface area contributed by atoms with Crippen molar-refractivity contribution in [2.24, 2.45) is 11.6 Å². The maximum Gasteiger partial charge on any atom is 0.357 e. The van der Waals surface area contributed by atoms with Crippen LogP contribution in [0.2, 0.25) is 0 Å². The number of nitrogens with one attached hydrogen (secondary N) is 1. The number of rotatable bonds is 5. The summed E-state index contributed by atoms with van der Waals surface area (Å²) in [4.78, 5) is 10.6. The molecule has 0 unspecified atom stereocenters. The smallest absolute Gasteiger partial charge is 0.357 e. The number of benzene rings is 1. The van der Waals surface area contributed by atoms with Crippen LogP contribution < -0.4 is 21.7 Å². The Labute approximate surface area is 98.1 Å². The fourth-order valence-corrected chi connectivity index (χ4v) is 1.05. The van der Waals surface area contributed by atoms with E-state index in [1.165, 1.54) is 0 Å². The van der Waals surface area contributed by atoms with Gasteiger partial charge in [-0.2, -0.15) is 0 Å². The molecule has 0 aliphatic heterocycles. The lowest BCUT2D eigenvalue weighted by Crippen LogP contribution is -2.31. The first kappa shape index (κ1) is 12.6. The topological polar surface area (TPSA) is 111 Å². The van der Waals surface area contributed by atoms with E-state index >= 15 is 0 Å². The third-order valence-corrected chi connectivity index (χ3v) is 1.94. The summed E-state index contributed by atoms with van der Waals surface area (Å²) < 4.78 is 5.19. The summed E-state index contributed by atoms with van der Waals surface area (Å²) in [5.74, 6) is 4.00. The van der Waals surface area contributed by atoms with E-state index in [4.69, 9.17) is 21.4 Å². The molecule has 0 atom stereocenters. The first-order valence-corrected chi connectivity index (χ1v) is 4.68. The lowest BCUT2D eigenvalue weighted by molar-refractivity contribution is -0.132. The number of aliphatic carboxylic acids is 1. The molecule has 1 aromatic rings. The number of hydrazine groups is 1. The van der Waals surface area contributed by atoms with E-state index < -0.39 is 11.7 Å². The molecule has 90 valence electrons. The molecule has 17 heavy (non-hydrogen) atoms. The zero-order chi connectivity index (χ0) is 12.8. The molecule has 0 bridgehead atoms. The average Bonchev–Trinajstić information content (AvgIpc) is 2.35. The van der Waals surface area contributed by atoms with Gasteiger partial charge in [0.25, 0.3) is 0 Å². The minimum Gasteiger partial charge on any atom is -0.476 e. The van der Waals surface area contributed by atoms with Gasteiger partial charge in [-0.3, -0.25) is 5.43 Å². The molecule has 0 spiro atoms. The van der Waals surface area contributed by atoms with Crippen LogP contribution in [0.25, 0.3) is 6.08 Å². The minimum atomic E-state index is -1.32. The van der Waals surface area contributed by atoms with Gasteiger partial charge in [-0.1, -0.05) is 24.8 Å². The summed E-state index contributed by atoms with van der Waals surface area (Å²) in [6.45, 7) is 3.61. The SMILES string of the molecule is C=Cc1ccc(O/C(NN)=C(/N)C(=O)O)cc1. The fraction of sp³-hybridized carbons (Fsp3) is 0. The second kappa shape index (κ2) is 5.57. The van der Waals surface area contributed by atoms with Gasteiger partial charge >= 0.3 is 5.97 Å². The molecule has 0 aliphatic rings. The molecular formula is C11H13N3O3. The highest BCUT2D eigenvalue weighted by Gasteiger charge is 2.11. The van der Waals surface area contributed by atoms with Gasteiger partial charge in [-0.05, 0) is 17.7 Å². The van der Waals surface area contributed by atoms with Crippen LogP contribution in [0.15, 0.2) is 42.4 Å². The minimum absolute atomic E-state index is 0.219. The number of nitrogens with two attached hydrogens (primary N) is 2. The van der Waals surface area contributed by atoms with Crippen molar-refractivity contribution in [2.75, 3.05) is 0 Å². The van der Waals surface area contributed by atoms with Gasteiger partial charge in [0.1, 0.15) is 5.75 Å². The van der Waals surface area contributed by atoms with Gasteiger partial charge in [0.05, 0.1) is 0 Å². The Balaban J connectivity index is 2.91.